The fourth-order valence-corrected chi connectivity index (χ4v) is 2.66. The molecule has 1 saturated heterocycles. The lowest BCUT2D eigenvalue weighted by atomic mass is 9.96. The summed E-state index contributed by atoms with van der Waals surface area (Å²) in [6, 6.07) is 0. The summed E-state index contributed by atoms with van der Waals surface area (Å²) in [5, 5.41) is 3.05. The number of aromatic nitrogens is 1. The van der Waals surface area contributed by atoms with Gasteiger partial charge in [-0.15, -0.1) is 0 Å². The molecule has 1 fully saturated rings. The maximum atomic E-state index is 12.1. The monoisotopic (exact) mass is 281 g/mol. The molecule has 0 unspecified atom stereocenters. The summed E-state index contributed by atoms with van der Waals surface area (Å²) in [5.41, 5.74) is 5.96. The summed E-state index contributed by atoms with van der Waals surface area (Å²) in [5.74, 6) is -0.990. The Morgan fingerprint density at radius 3 is 2.95 bits per heavy atom. The van der Waals surface area contributed by atoms with Crippen LogP contribution in [0.1, 0.15) is 23.0 Å². The van der Waals surface area contributed by atoms with Gasteiger partial charge in [-0.05, 0) is 13.3 Å². The number of hydrogen-bond donors (Lipinski definition) is 2. The van der Waals surface area contributed by atoms with Crippen LogP contribution in [-0.2, 0) is 9.53 Å². The maximum Gasteiger partial charge on any atom is 0.260 e. The molecule has 2 rings (SSSR count). The summed E-state index contributed by atoms with van der Waals surface area (Å²) in [7, 11) is 0. The number of nitrogens with one attached hydrogen (secondary N) is 1. The van der Waals surface area contributed by atoms with E-state index in [2.05, 4.69) is 16.9 Å². The summed E-state index contributed by atoms with van der Waals surface area (Å²) >= 11 is 1.06. The van der Waals surface area contributed by atoms with Gasteiger partial charge in [0, 0.05) is 6.61 Å². The van der Waals surface area contributed by atoms with E-state index in [4.69, 9.17) is 10.5 Å². The summed E-state index contributed by atoms with van der Waals surface area (Å²) < 4.78 is 5.48. The maximum absolute atomic E-state index is 12.1. The lowest BCUT2D eigenvalue weighted by Crippen LogP contribution is -2.30. The highest BCUT2D eigenvalue weighted by Gasteiger charge is 2.34. The molecule has 3 N–H and O–H groups in total. The molecule has 7 heteroatoms. The smallest absolute Gasteiger partial charge is 0.260 e. The highest BCUT2D eigenvalue weighted by molar-refractivity contribution is 7.17. The third kappa shape index (κ3) is 2.99. The van der Waals surface area contributed by atoms with Gasteiger partial charge in [0.25, 0.3) is 5.91 Å². The molecular weight excluding hydrogens is 266 g/mol. The minimum absolute atomic E-state index is 0.170. The van der Waals surface area contributed by atoms with Crippen molar-refractivity contribution in [1.29, 1.82) is 0 Å². The van der Waals surface area contributed by atoms with Crippen LogP contribution in [0.15, 0.2) is 18.3 Å². The van der Waals surface area contributed by atoms with Gasteiger partial charge < -0.3 is 15.8 Å². The number of anilines is 1. The van der Waals surface area contributed by atoms with Gasteiger partial charge in [0.1, 0.15) is 4.88 Å². The normalized spacial score (nSPS) is 22.2. The molecule has 1 aromatic heterocycles. The third-order valence-corrected chi connectivity index (χ3v) is 3.82. The number of primary amides is 1. The van der Waals surface area contributed by atoms with Gasteiger partial charge in [-0.1, -0.05) is 23.5 Å². The van der Waals surface area contributed by atoms with Crippen molar-refractivity contribution in [1.82, 2.24) is 4.98 Å². The molecular formula is C12H15N3O3S. The lowest BCUT2D eigenvalue weighted by Gasteiger charge is -2.17. The number of nitrogens with zero attached hydrogens (tertiary/aromatic N) is 1. The minimum atomic E-state index is -0.554. The molecule has 1 aliphatic heterocycles. The van der Waals surface area contributed by atoms with Crippen molar-refractivity contribution in [2.75, 3.05) is 11.9 Å². The molecule has 2 heterocycles. The lowest BCUT2D eigenvalue weighted by molar-refractivity contribution is -0.120. The summed E-state index contributed by atoms with van der Waals surface area (Å²) in [6.45, 7) is 6.20. The number of amides is 2. The van der Waals surface area contributed by atoms with Crippen LogP contribution >= 0.6 is 11.3 Å². The van der Waals surface area contributed by atoms with E-state index in [1.54, 1.807) is 0 Å². The van der Waals surface area contributed by atoms with Crippen molar-refractivity contribution in [3.8, 4) is 0 Å². The van der Waals surface area contributed by atoms with Crippen LogP contribution in [0.2, 0.25) is 0 Å². The highest BCUT2D eigenvalue weighted by Crippen LogP contribution is 2.27. The van der Waals surface area contributed by atoms with E-state index in [1.807, 2.05) is 6.92 Å². The Hall–Kier alpha value is -1.73. The average molecular weight is 281 g/mol. The van der Waals surface area contributed by atoms with Crippen molar-refractivity contribution >= 4 is 28.3 Å². The largest absolute Gasteiger partial charge is 0.373 e. The van der Waals surface area contributed by atoms with Gasteiger partial charge in [-0.25, -0.2) is 4.98 Å². The van der Waals surface area contributed by atoms with E-state index in [0.29, 0.717) is 23.0 Å². The molecule has 0 radical (unpaired) electrons. The summed E-state index contributed by atoms with van der Waals surface area (Å²) in [6.07, 6.45) is 1.75. The zero-order valence-electron chi connectivity index (χ0n) is 10.5. The van der Waals surface area contributed by atoms with Crippen molar-refractivity contribution in [3.05, 3.63) is 23.2 Å². The van der Waals surface area contributed by atoms with Gasteiger partial charge in [0.05, 0.1) is 18.2 Å². The van der Waals surface area contributed by atoms with Crippen LogP contribution in [0, 0.1) is 5.92 Å². The van der Waals surface area contributed by atoms with Gasteiger partial charge in [0.2, 0.25) is 5.91 Å². The van der Waals surface area contributed by atoms with E-state index in [9.17, 15) is 9.59 Å². The second kappa shape index (κ2) is 5.50. The standard InChI is InChI=1S/C12H15N3O3S/c1-6(2)9-7(3-4-18-9)11(17)15-12-14-5-8(19-12)10(13)16/h5,7,9H,1,3-4H2,2H3,(H2,13,16)(H,14,15,17)/t7-,9-/m0/s1. The molecule has 2 atom stereocenters. The zero-order valence-corrected chi connectivity index (χ0v) is 11.3. The Morgan fingerprint density at radius 1 is 1.63 bits per heavy atom. The first kappa shape index (κ1) is 13.7. The van der Waals surface area contributed by atoms with Crippen LogP contribution in [0.5, 0.6) is 0 Å². The molecule has 102 valence electrons. The van der Waals surface area contributed by atoms with Crippen LogP contribution in [0.3, 0.4) is 0 Å². The molecule has 0 saturated carbocycles. The Labute approximate surface area is 114 Å². The molecule has 1 aromatic rings. The first-order chi connectivity index (χ1) is 8.99. The van der Waals surface area contributed by atoms with E-state index in [1.165, 1.54) is 6.20 Å². The fraction of sp³-hybridized carbons (Fsp3) is 0.417. The molecule has 0 aliphatic carbocycles. The number of rotatable bonds is 4. The SMILES string of the molecule is C=C(C)[C@@H]1OCC[C@@H]1C(=O)Nc1ncc(C(N)=O)s1. The van der Waals surface area contributed by atoms with E-state index in [0.717, 1.165) is 16.9 Å². The predicted octanol–water partition coefficient (Wildman–Crippen LogP) is 1.16. The highest BCUT2D eigenvalue weighted by atomic mass is 32.1. The topological polar surface area (TPSA) is 94.3 Å². The van der Waals surface area contributed by atoms with Crippen molar-refractivity contribution in [3.63, 3.8) is 0 Å². The van der Waals surface area contributed by atoms with Gasteiger partial charge >= 0.3 is 0 Å². The van der Waals surface area contributed by atoms with Gasteiger partial charge in [-0.3, -0.25) is 9.59 Å². The number of ether oxygens (including phenoxy) is 1. The molecule has 2 amide bonds. The Bertz CT molecular complexity index is 526. The van der Waals surface area contributed by atoms with Crippen molar-refractivity contribution in [2.45, 2.75) is 19.4 Å². The number of thiazole rings is 1. The van der Waals surface area contributed by atoms with Crippen molar-refractivity contribution in [2.24, 2.45) is 11.7 Å². The number of nitrogens with two attached hydrogens (primary N) is 1. The van der Waals surface area contributed by atoms with Crippen LogP contribution in [0.25, 0.3) is 0 Å². The van der Waals surface area contributed by atoms with Crippen LogP contribution < -0.4 is 11.1 Å². The van der Waals surface area contributed by atoms with E-state index >= 15 is 0 Å². The second-order valence-corrected chi connectivity index (χ2v) is 5.45. The van der Waals surface area contributed by atoms with Gasteiger partial charge in [-0.2, -0.15) is 0 Å². The third-order valence-electron chi connectivity index (χ3n) is 2.89. The molecule has 19 heavy (non-hydrogen) atoms. The number of carbonyl (C=O) groups is 2. The van der Waals surface area contributed by atoms with Crippen LogP contribution in [0.4, 0.5) is 5.13 Å². The summed E-state index contributed by atoms with van der Waals surface area (Å²) in [4.78, 5) is 27.3. The Kier molecular flexibility index (Phi) is 3.96. The number of hydrogen-bond acceptors (Lipinski definition) is 5. The Morgan fingerprint density at radius 2 is 2.37 bits per heavy atom. The van der Waals surface area contributed by atoms with E-state index < -0.39 is 5.91 Å². The zero-order chi connectivity index (χ0) is 14.0. The van der Waals surface area contributed by atoms with Crippen molar-refractivity contribution < 1.29 is 14.3 Å². The average Bonchev–Trinajstić information content (AvgIpc) is 2.96. The van der Waals surface area contributed by atoms with E-state index in [-0.39, 0.29) is 17.9 Å². The molecule has 6 nitrogen and oxygen atoms in total. The number of carbonyl (C=O) groups excluding carboxylic acids is 2. The molecule has 0 bridgehead atoms. The predicted molar refractivity (Wildman–Crippen MR) is 71.9 cm³/mol. The molecule has 0 aromatic carbocycles. The quantitative estimate of drug-likeness (QED) is 0.810. The Balaban J connectivity index is 2.04. The van der Waals surface area contributed by atoms with Gasteiger partial charge in [0.15, 0.2) is 5.13 Å². The fourth-order valence-electron chi connectivity index (χ4n) is 1.99. The minimum Gasteiger partial charge on any atom is -0.373 e. The van der Waals surface area contributed by atoms with Crippen LogP contribution in [-0.4, -0.2) is 29.5 Å². The first-order valence-electron chi connectivity index (χ1n) is 5.82. The molecule has 1 aliphatic rings. The second-order valence-electron chi connectivity index (χ2n) is 4.42. The first-order valence-corrected chi connectivity index (χ1v) is 6.64. The molecule has 0 spiro atoms.